The minimum atomic E-state index is -0.393. The average Bonchev–Trinajstić information content (AvgIpc) is 2.79. The van der Waals surface area contributed by atoms with Gasteiger partial charge in [-0.15, -0.1) is 0 Å². The van der Waals surface area contributed by atoms with Crippen LogP contribution in [0.25, 0.3) is 0 Å². The highest BCUT2D eigenvalue weighted by molar-refractivity contribution is 6.06. The molecule has 0 atom stereocenters. The molecule has 176 valence electrons. The fourth-order valence-corrected chi connectivity index (χ4v) is 4.10. The van der Waals surface area contributed by atoms with Gasteiger partial charge in [0.15, 0.2) is 0 Å². The second-order valence-corrected chi connectivity index (χ2v) is 8.64. The van der Waals surface area contributed by atoms with E-state index in [1.165, 1.54) is 30.3 Å². The molecule has 0 bridgehead atoms. The topological polar surface area (TPSA) is 47.9 Å². The van der Waals surface area contributed by atoms with Gasteiger partial charge in [0.1, 0.15) is 11.6 Å². The molecule has 1 heterocycles. The van der Waals surface area contributed by atoms with Gasteiger partial charge in [-0.05, 0) is 79.1 Å². The van der Waals surface area contributed by atoms with Crippen LogP contribution < -0.4 is 5.32 Å². The van der Waals surface area contributed by atoms with Crippen molar-refractivity contribution in [1.29, 1.82) is 0 Å². The Balaban J connectivity index is 1.51. The van der Waals surface area contributed by atoms with E-state index >= 15 is 0 Å². The number of benzene rings is 3. The SMILES string of the molecule is Cc1cc(C)cc(N=C(NC(=O)c2ccc(F)cc2)N2CCN(Cc3cccc(F)c3)CC2)c1. The molecule has 1 aliphatic heterocycles. The Morgan fingerprint density at radius 3 is 2.21 bits per heavy atom. The van der Waals surface area contributed by atoms with Crippen LogP contribution in [-0.2, 0) is 6.54 Å². The number of guanidine groups is 1. The number of hydrogen-bond acceptors (Lipinski definition) is 3. The number of amides is 1. The van der Waals surface area contributed by atoms with Crippen LogP contribution in [0.3, 0.4) is 0 Å². The van der Waals surface area contributed by atoms with Crippen LogP contribution in [0.1, 0.15) is 27.0 Å². The van der Waals surface area contributed by atoms with Crippen molar-refractivity contribution in [3.8, 4) is 0 Å². The van der Waals surface area contributed by atoms with Crippen LogP contribution >= 0.6 is 0 Å². The third-order valence-corrected chi connectivity index (χ3v) is 5.74. The minimum absolute atomic E-state index is 0.234. The average molecular weight is 463 g/mol. The van der Waals surface area contributed by atoms with Crippen molar-refractivity contribution in [2.75, 3.05) is 26.2 Å². The first-order chi connectivity index (χ1) is 16.4. The molecule has 3 aromatic rings. The fourth-order valence-electron chi connectivity index (χ4n) is 4.10. The predicted octanol–water partition coefficient (Wildman–Crippen LogP) is 4.82. The van der Waals surface area contributed by atoms with Crippen LogP contribution in [0, 0.1) is 25.5 Å². The summed E-state index contributed by atoms with van der Waals surface area (Å²) in [6, 6.07) is 18.1. The largest absolute Gasteiger partial charge is 0.340 e. The Labute approximate surface area is 198 Å². The Morgan fingerprint density at radius 2 is 1.56 bits per heavy atom. The zero-order valence-corrected chi connectivity index (χ0v) is 19.4. The van der Waals surface area contributed by atoms with Crippen LogP contribution in [0.4, 0.5) is 14.5 Å². The molecule has 1 fully saturated rings. The first kappa shape index (κ1) is 23.6. The molecule has 4 rings (SSSR count). The zero-order chi connectivity index (χ0) is 24.1. The van der Waals surface area contributed by atoms with Gasteiger partial charge in [0.2, 0.25) is 5.96 Å². The Bertz CT molecular complexity index is 1170. The Kier molecular flexibility index (Phi) is 7.33. The summed E-state index contributed by atoms with van der Waals surface area (Å²) in [4.78, 5) is 22.0. The maximum Gasteiger partial charge on any atom is 0.257 e. The van der Waals surface area contributed by atoms with Crippen molar-refractivity contribution in [2.45, 2.75) is 20.4 Å². The molecule has 1 amide bonds. The lowest BCUT2D eigenvalue weighted by atomic mass is 10.1. The standard InChI is InChI=1S/C27H28F2N4O/c1-19-14-20(2)16-25(15-19)30-27(31-26(34)22-6-8-23(28)9-7-22)33-12-10-32(11-13-33)18-21-4-3-5-24(29)17-21/h3-9,14-17H,10-13,18H2,1-2H3,(H,30,31,34). The van der Waals surface area contributed by atoms with Crippen molar-refractivity contribution in [3.05, 3.63) is 101 Å². The number of halogens is 2. The van der Waals surface area contributed by atoms with Gasteiger partial charge < -0.3 is 4.90 Å². The van der Waals surface area contributed by atoms with E-state index in [4.69, 9.17) is 4.99 Å². The normalized spacial score (nSPS) is 14.8. The molecule has 0 radical (unpaired) electrons. The van der Waals surface area contributed by atoms with Gasteiger partial charge in [-0.25, -0.2) is 13.8 Å². The van der Waals surface area contributed by atoms with Gasteiger partial charge >= 0.3 is 0 Å². The molecular formula is C27H28F2N4O. The van der Waals surface area contributed by atoms with Gasteiger partial charge in [0, 0.05) is 38.3 Å². The summed E-state index contributed by atoms with van der Waals surface area (Å²) in [6.07, 6.45) is 0. The molecule has 1 aliphatic rings. The lowest BCUT2D eigenvalue weighted by Crippen LogP contribution is -2.53. The fraction of sp³-hybridized carbons (Fsp3) is 0.259. The van der Waals surface area contributed by atoms with Gasteiger partial charge in [0.25, 0.3) is 5.91 Å². The maximum absolute atomic E-state index is 13.5. The molecule has 0 aromatic heterocycles. The smallest absolute Gasteiger partial charge is 0.257 e. The highest BCUT2D eigenvalue weighted by Crippen LogP contribution is 2.18. The Morgan fingerprint density at radius 1 is 0.882 bits per heavy atom. The van der Waals surface area contributed by atoms with Crippen LogP contribution in [0.2, 0.25) is 0 Å². The second kappa shape index (κ2) is 10.6. The van der Waals surface area contributed by atoms with E-state index in [2.05, 4.69) is 16.3 Å². The van der Waals surface area contributed by atoms with Crippen LogP contribution in [-0.4, -0.2) is 47.8 Å². The highest BCUT2D eigenvalue weighted by Gasteiger charge is 2.22. The molecule has 0 saturated carbocycles. The third kappa shape index (κ3) is 6.26. The monoisotopic (exact) mass is 462 g/mol. The Hall–Kier alpha value is -3.58. The summed E-state index contributed by atoms with van der Waals surface area (Å²) >= 11 is 0. The lowest BCUT2D eigenvalue weighted by molar-refractivity contribution is 0.0967. The number of nitrogens with one attached hydrogen (secondary N) is 1. The second-order valence-electron chi connectivity index (χ2n) is 8.64. The van der Waals surface area contributed by atoms with E-state index in [-0.39, 0.29) is 11.7 Å². The number of carbonyl (C=O) groups is 1. The molecule has 5 nitrogen and oxygen atoms in total. The molecule has 1 saturated heterocycles. The van der Waals surface area contributed by atoms with E-state index in [1.807, 2.05) is 36.9 Å². The summed E-state index contributed by atoms with van der Waals surface area (Å²) < 4.78 is 26.8. The lowest BCUT2D eigenvalue weighted by Gasteiger charge is -2.36. The number of nitrogens with zero attached hydrogens (tertiary/aromatic N) is 3. The molecule has 0 unspecified atom stereocenters. The molecule has 7 heteroatoms. The summed E-state index contributed by atoms with van der Waals surface area (Å²) in [5.41, 5.74) is 4.22. The number of aryl methyl sites for hydroxylation is 2. The minimum Gasteiger partial charge on any atom is -0.340 e. The van der Waals surface area contributed by atoms with E-state index in [0.29, 0.717) is 31.2 Å². The van der Waals surface area contributed by atoms with Crippen molar-refractivity contribution < 1.29 is 13.6 Å². The molecular weight excluding hydrogens is 434 g/mol. The number of carbonyl (C=O) groups excluding carboxylic acids is 1. The maximum atomic E-state index is 13.5. The van der Waals surface area contributed by atoms with Gasteiger partial charge in [-0.1, -0.05) is 18.2 Å². The van der Waals surface area contributed by atoms with Gasteiger partial charge in [-0.3, -0.25) is 15.0 Å². The summed E-state index contributed by atoms with van der Waals surface area (Å²) in [7, 11) is 0. The van der Waals surface area contributed by atoms with Crippen molar-refractivity contribution in [2.24, 2.45) is 4.99 Å². The number of aliphatic imine (C=N–C) groups is 1. The van der Waals surface area contributed by atoms with Crippen molar-refractivity contribution >= 4 is 17.6 Å². The van der Waals surface area contributed by atoms with E-state index in [1.54, 1.807) is 12.1 Å². The van der Waals surface area contributed by atoms with Crippen molar-refractivity contribution in [1.82, 2.24) is 15.1 Å². The number of piperazine rings is 1. The molecule has 0 aliphatic carbocycles. The third-order valence-electron chi connectivity index (χ3n) is 5.74. The van der Waals surface area contributed by atoms with E-state index < -0.39 is 5.82 Å². The molecule has 34 heavy (non-hydrogen) atoms. The van der Waals surface area contributed by atoms with Crippen LogP contribution in [0.15, 0.2) is 71.7 Å². The number of rotatable bonds is 4. The van der Waals surface area contributed by atoms with E-state index in [0.717, 1.165) is 35.5 Å². The zero-order valence-electron chi connectivity index (χ0n) is 19.4. The highest BCUT2D eigenvalue weighted by atomic mass is 19.1. The molecule has 3 aromatic carbocycles. The quantitative estimate of drug-likeness (QED) is 0.447. The van der Waals surface area contributed by atoms with Gasteiger partial charge in [0.05, 0.1) is 5.69 Å². The molecule has 1 N–H and O–H groups in total. The first-order valence-electron chi connectivity index (χ1n) is 11.3. The first-order valence-corrected chi connectivity index (χ1v) is 11.3. The summed E-state index contributed by atoms with van der Waals surface area (Å²) in [6.45, 7) is 7.48. The summed E-state index contributed by atoms with van der Waals surface area (Å²) in [5.74, 6) is -0.507. The van der Waals surface area contributed by atoms with Gasteiger partial charge in [-0.2, -0.15) is 0 Å². The molecule has 0 spiro atoms. The van der Waals surface area contributed by atoms with Crippen LogP contribution in [0.5, 0.6) is 0 Å². The van der Waals surface area contributed by atoms with E-state index in [9.17, 15) is 13.6 Å². The van der Waals surface area contributed by atoms with Crippen molar-refractivity contribution in [3.63, 3.8) is 0 Å². The summed E-state index contributed by atoms with van der Waals surface area (Å²) in [5, 5.41) is 2.93. The number of hydrogen-bond donors (Lipinski definition) is 1. The predicted molar refractivity (Wildman–Crippen MR) is 130 cm³/mol.